The van der Waals surface area contributed by atoms with E-state index >= 15 is 0 Å². The van der Waals surface area contributed by atoms with Gasteiger partial charge in [-0.15, -0.1) is 0 Å². The fourth-order valence-corrected chi connectivity index (χ4v) is 1.04. The Morgan fingerprint density at radius 2 is 1.33 bits per heavy atom. The van der Waals surface area contributed by atoms with Crippen molar-refractivity contribution in [2.45, 2.75) is 46.3 Å². The molecular weight excluding hydrogens is 236 g/mol. The van der Waals surface area contributed by atoms with Crippen LogP contribution >= 0.6 is 0 Å². The van der Waals surface area contributed by atoms with Gasteiger partial charge in [-0.2, -0.15) is 0 Å². The molecule has 0 spiro atoms. The maximum atomic E-state index is 10.9. The van der Waals surface area contributed by atoms with Gasteiger partial charge in [0.2, 0.25) is 0 Å². The Labute approximate surface area is 109 Å². The van der Waals surface area contributed by atoms with Gasteiger partial charge < -0.3 is 14.2 Å². The zero-order chi connectivity index (χ0) is 14.0. The fourth-order valence-electron chi connectivity index (χ4n) is 1.04. The lowest BCUT2D eigenvalue weighted by atomic mass is 10.3. The summed E-state index contributed by atoms with van der Waals surface area (Å²) in [4.78, 5) is 21.7. The van der Waals surface area contributed by atoms with E-state index in [4.69, 9.17) is 14.2 Å². The van der Waals surface area contributed by atoms with Gasteiger partial charge in [0.25, 0.3) is 0 Å². The molecule has 2 atom stereocenters. The van der Waals surface area contributed by atoms with Gasteiger partial charge in [-0.05, 0) is 34.1 Å². The minimum atomic E-state index is -0.367. The Bertz CT molecular complexity index is 226. The number of rotatable bonds is 11. The maximum absolute atomic E-state index is 10.9. The van der Waals surface area contributed by atoms with Crippen LogP contribution in [-0.2, 0) is 23.8 Å². The van der Waals surface area contributed by atoms with E-state index in [2.05, 4.69) is 0 Å². The molecule has 0 rings (SSSR count). The highest BCUT2D eigenvalue weighted by Gasteiger charge is 2.07. The summed E-state index contributed by atoms with van der Waals surface area (Å²) in [5, 5.41) is 0. The highest BCUT2D eigenvalue weighted by atomic mass is 16.5. The van der Waals surface area contributed by atoms with E-state index < -0.39 is 0 Å². The van der Waals surface area contributed by atoms with Gasteiger partial charge in [0, 0.05) is 13.2 Å². The highest BCUT2D eigenvalue weighted by molar-refractivity contribution is 5.80. The summed E-state index contributed by atoms with van der Waals surface area (Å²) >= 11 is 0. The zero-order valence-electron chi connectivity index (χ0n) is 11.7. The van der Waals surface area contributed by atoms with Crippen molar-refractivity contribution >= 4 is 11.6 Å². The van der Waals surface area contributed by atoms with Crippen molar-refractivity contribution in [3.63, 3.8) is 0 Å². The van der Waals surface area contributed by atoms with Crippen LogP contribution in [0.2, 0.25) is 0 Å². The summed E-state index contributed by atoms with van der Waals surface area (Å²) in [6.07, 6.45) is 0.0259. The Balaban J connectivity index is 3.26. The summed E-state index contributed by atoms with van der Waals surface area (Å²) in [6.45, 7) is 8.40. The van der Waals surface area contributed by atoms with Crippen LogP contribution in [0.4, 0.5) is 0 Å². The lowest BCUT2D eigenvalue weighted by Crippen LogP contribution is -2.20. The molecule has 18 heavy (non-hydrogen) atoms. The maximum Gasteiger partial charge on any atom is 0.158 e. The Morgan fingerprint density at radius 1 is 0.833 bits per heavy atom. The average molecular weight is 260 g/mol. The molecule has 0 saturated heterocycles. The Kier molecular flexibility index (Phi) is 9.73. The molecule has 0 saturated carbocycles. The molecule has 0 aliphatic heterocycles. The van der Waals surface area contributed by atoms with E-state index in [1.165, 1.54) is 13.8 Å². The lowest BCUT2D eigenvalue weighted by Gasteiger charge is -2.11. The first-order chi connectivity index (χ1) is 8.45. The number of ether oxygens (including phenoxy) is 3. The monoisotopic (exact) mass is 260 g/mol. The molecular formula is C13H24O5. The lowest BCUT2D eigenvalue weighted by molar-refractivity contribution is -0.129. The summed E-state index contributed by atoms with van der Waals surface area (Å²) < 4.78 is 15.8. The first kappa shape index (κ1) is 17.2. The largest absolute Gasteiger partial charge is 0.379 e. The van der Waals surface area contributed by atoms with Crippen LogP contribution in [0.5, 0.6) is 0 Å². The van der Waals surface area contributed by atoms with E-state index in [0.29, 0.717) is 26.4 Å². The van der Waals surface area contributed by atoms with E-state index in [9.17, 15) is 9.59 Å². The van der Waals surface area contributed by atoms with Gasteiger partial charge >= 0.3 is 0 Å². The number of carbonyl (C=O) groups is 2. The number of carbonyl (C=O) groups excluding carboxylic acids is 2. The number of Topliss-reactive ketones (excluding diaryl/α,β-unsaturated/α-hetero) is 2. The van der Waals surface area contributed by atoms with Gasteiger partial charge in [0.05, 0.1) is 13.2 Å². The van der Waals surface area contributed by atoms with Crippen LogP contribution in [0.15, 0.2) is 0 Å². The molecule has 0 aromatic rings. The molecule has 2 unspecified atom stereocenters. The molecule has 0 amide bonds. The summed E-state index contributed by atoms with van der Waals surface area (Å²) in [6, 6.07) is 0. The second-order valence-corrected chi connectivity index (χ2v) is 4.21. The standard InChI is InChI=1S/C13H24O5/c1-10(14)12(3)17-7-5-6-16-8-9-18-13(4)11(2)15/h12-13H,5-9H2,1-4H3. The topological polar surface area (TPSA) is 61.8 Å². The summed E-state index contributed by atoms with van der Waals surface area (Å²) in [5.74, 6) is 0.0455. The van der Waals surface area contributed by atoms with E-state index in [0.717, 1.165) is 6.42 Å². The number of hydrogen-bond donors (Lipinski definition) is 0. The third kappa shape index (κ3) is 9.27. The molecule has 0 fully saturated rings. The second-order valence-electron chi connectivity index (χ2n) is 4.21. The molecule has 5 nitrogen and oxygen atoms in total. The van der Waals surface area contributed by atoms with Crippen molar-refractivity contribution in [3.8, 4) is 0 Å². The predicted octanol–water partition coefficient (Wildman–Crippen LogP) is 1.38. The normalized spacial score (nSPS) is 14.2. The van der Waals surface area contributed by atoms with Crippen molar-refractivity contribution in [1.29, 1.82) is 0 Å². The van der Waals surface area contributed by atoms with Crippen molar-refractivity contribution in [2.75, 3.05) is 26.4 Å². The van der Waals surface area contributed by atoms with Gasteiger partial charge in [0.15, 0.2) is 11.6 Å². The smallest absolute Gasteiger partial charge is 0.158 e. The number of ketones is 2. The first-order valence-corrected chi connectivity index (χ1v) is 6.27. The Hall–Kier alpha value is -0.780. The molecule has 0 aliphatic carbocycles. The van der Waals surface area contributed by atoms with Gasteiger partial charge in [-0.25, -0.2) is 0 Å². The molecule has 0 aliphatic rings. The molecule has 0 aromatic carbocycles. The summed E-state index contributed by atoms with van der Waals surface area (Å²) in [7, 11) is 0. The van der Waals surface area contributed by atoms with Crippen molar-refractivity contribution in [1.82, 2.24) is 0 Å². The second kappa shape index (κ2) is 10.2. The van der Waals surface area contributed by atoms with Crippen LogP contribution in [0.25, 0.3) is 0 Å². The van der Waals surface area contributed by atoms with Crippen LogP contribution in [0.1, 0.15) is 34.1 Å². The van der Waals surface area contributed by atoms with Crippen LogP contribution < -0.4 is 0 Å². The van der Waals surface area contributed by atoms with Gasteiger partial charge in [0.1, 0.15) is 12.2 Å². The SMILES string of the molecule is CC(=O)C(C)OCCCOCCOC(C)C(C)=O. The molecule has 0 radical (unpaired) electrons. The third-order valence-electron chi connectivity index (χ3n) is 2.54. The Morgan fingerprint density at radius 3 is 1.83 bits per heavy atom. The molecule has 106 valence electrons. The fraction of sp³-hybridized carbons (Fsp3) is 0.846. The van der Waals surface area contributed by atoms with Crippen molar-refractivity contribution < 1.29 is 23.8 Å². The van der Waals surface area contributed by atoms with Crippen LogP contribution in [0, 0.1) is 0 Å². The minimum absolute atomic E-state index is 0.0154. The predicted molar refractivity (Wildman–Crippen MR) is 67.6 cm³/mol. The average Bonchev–Trinajstić information content (AvgIpc) is 2.31. The molecule has 0 heterocycles. The summed E-state index contributed by atoms with van der Waals surface area (Å²) in [5.41, 5.74) is 0. The van der Waals surface area contributed by atoms with Gasteiger partial charge in [-0.1, -0.05) is 0 Å². The first-order valence-electron chi connectivity index (χ1n) is 6.27. The van der Waals surface area contributed by atoms with E-state index in [1.54, 1.807) is 13.8 Å². The van der Waals surface area contributed by atoms with Crippen LogP contribution in [0.3, 0.4) is 0 Å². The van der Waals surface area contributed by atoms with Crippen LogP contribution in [-0.4, -0.2) is 50.2 Å². The molecule has 0 bridgehead atoms. The molecule has 0 aromatic heterocycles. The van der Waals surface area contributed by atoms with E-state index in [1.807, 2.05) is 0 Å². The molecule has 0 N–H and O–H groups in total. The minimum Gasteiger partial charge on any atom is -0.379 e. The third-order valence-corrected chi connectivity index (χ3v) is 2.54. The highest BCUT2D eigenvalue weighted by Crippen LogP contribution is 1.95. The van der Waals surface area contributed by atoms with Crippen molar-refractivity contribution in [2.24, 2.45) is 0 Å². The van der Waals surface area contributed by atoms with Crippen molar-refractivity contribution in [3.05, 3.63) is 0 Å². The van der Waals surface area contributed by atoms with E-state index in [-0.39, 0.29) is 23.8 Å². The molecule has 5 heteroatoms. The number of hydrogen-bond acceptors (Lipinski definition) is 5. The van der Waals surface area contributed by atoms with Gasteiger partial charge in [-0.3, -0.25) is 9.59 Å². The quantitative estimate of drug-likeness (QED) is 0.525. The zero-order valence-corrected chi connectivity index (χ0v) is 11.7.